The van der Waals surface area contributed by atoms with Crippen LogP contribution in [0.5, 0.6) is 5.75 Å². The summed E-state index contributed by atoms with van der Waals surface area (Å²) in [7, 11) is 0. The number of carboxylic acids is 1. The number of alkyl halides is 2. The number of hydrogen-bond donors (Lipinski definition) is 3. The lowest BCUT2D eigenvalue weighted by Gasteiger charge is -2.39. The van der Waals surface area contributed by atoms with Gasteiger partial charge in [0.2, 0.25) is 0 Å². The van der Waals surface area contributed by atoms with Crippen LogP contribution >= 0.6 is 0 Å². The van der Waals surface area contributed by atoms with Gasteiger partial charge in [-0.05, 0) is 84.9 Å². The van der Waals surface area contributed by atoms with Gasteiger partial charge in [0.05, 0.1) is 11.3 Å². The third-order valence-electron chi connectivity index (χ3n) is 5.91. The summed E-state index contributed by atoms with van der Waals surface area (Å²) in [5, 5.41) is 12.3. The van der Waals surface area contributed by atoms with Crippen molar-refractivity contribution in [3.63, 3.8) is 0 Å². The largest absolute Gasteiger partial charge is 0.478 e. The van der Waals surface area contributed by atoms with Gasteiger partial charge in [0.15, 0.2) is 5.96 Å². The van der Waals surface area contributed by atoms with Gasteiger partial charge in [-0.1, -0.05) is 26.8 Å². The van der Waals surface area contributed by atoms with Gasteiger partial charge in [-0.15, -0.1) is 0 Å². The van der Waals surface area contributed by atoms with Crippen LogP contribution in [0.15, 0.2) is 47.5 Å². The second-order valence-corrected chi connectivity index (χ2v) is 9.66. The van der Waals surface area contributed by atoms with Crippen molar-refractivity contribution in [1.29, 1.82) is 0 Å². The molecule has 0 bridgehead atoms. The molecule has 2 aromatic rings. The molecule has 1 saturated carbocycles. The predicted molar refractivity (Wildman–Crippen MR) is 125 cm³/mol. The maximum atomic E-state index is 12.3. The zero-order valence-corrected chi connectivity index (χ0v) is 19.1. The SMILES string of the molecule is C[C@@H]1C[C@H](Cc2ccc(C(=O)O)cc2N=C(N)Nc2ccc(OC(F)F)cc2)CC(C)(C)C1. The molecule has 2 aromatic carbocycles. The Morgan fingerprint density at radius 2 is 1.94 bits per heavy atom. The van der Waals surface area contributed by atoms with E-state index < -0.39 is 12.6 Å². The summed E-state index contributed by atoms with van der Waals surface area (Å²) in [6, 6.07) is 10.8. The van der Waals surface area contributed by atoms with Crippen LogP contribution in [0.1, 0.15) is 56.0 Å². The van der Waals surface area contributed by atoms with Crippen LogP contribution in [0, 0.1) is 17.3 Å². The highest BCUT2D eigenvalue weighted by Crippen LogP contribution is 2.43. The first-order valence-corrected chi connectivity index (χ1v) is 11.0. The molecule has 0 unspecified atom stereocenters. The quantitative estimate of drug-likeness (QED) is 0.346. The van der Waals surface area contributed by atoms with Gasteiger partial charge in [-0.3, -0.25) is 0 Å². The molecule has 6 nitrogen and oxygen atoms in total. The molecule has 0 spiro atoms. The average molecular weight is 460 g/mol. The molecular weight excluding hydrogens is 428 g/mol. The number of hydrogen-bond acceptors (Lipinski definition) is 3. The van der Waals surface area contributed by atoms with E-state index in [1.807, 2.05) is 6.07 Å². The van der Waals surface area contributed by atoms with E-state index in [9.17, 15) is 18.7 Å². The van der Waals surface area contributed by atoms with Crippen LogP contribution < -0.4 is 15.8 Å². The van der Waals surface area contributed by atoms with Crippen LogP contribution in [0.25, 0.3) is 0 Å². The maximum absolute atomic E-state index is 12.3. The average Bonchev–Trinajstić information content (AvgIpc) is 2.68. The third-order valence-corrected chi connectivity index (χ3v) is 5.91. The normalized spacial score (nSPS) is 20.5. The molecule has 0 radical (unpaired) electrons. The summed E-state index contributed by atoms with van der Waals surface area (Å²) >= 11 is 0. The molecule has 2 atom stereocenters. The van der Waals surface area contributed by atoms with Crippen LogP contribution in [0.4, 0.5) is 20.2 Å². The van der Waals surface area contributed by atoms with Crippen LogP contribution in [-0.4, -0.2) is 23.6 Å². The van der Waals surface area contributed by atoms with E-state index >= 15 is 0 Å². The number of nitrogens with one attached hydrogen (secondary N) is 1. The fourth-order valence-electron chi connectivity index (χ4n) is 5.01. The smallest absolute Gasteiger partial charge is 0.387 e. The van der Waals surface area contributed by atoms with Crippen molar-refractivity contribution >= 4 is 23.3 Å². The van der Waals surface area contributed by atoms with Crippen molar-refractivity contribution < 1.29 is 23.4 Å². The molecule has 1 fully saturated rings. The molecule has 0 aliphatic heterocycles. The van der Waals surface area contributed by atoms with E-state index in [1.54, 1.807) is 18.2 Å². The second-order valence-electron chi connectivity index (χ2n) is 9.66. The number of halogens is 2. The number of carboxylic acid groups (broad SMARTS) is 1. The van der Waals surface area contributed by atoms with E-state index in [0.29, 0.717) is 23.2 Å². The molecule has 0 aromatic heterocycles. The maximum Gasteiger partial charge on any atom is 0.387 e. The van der Waals surface area contributed by atoms with E-state index in [1.165, 1.54) is 24.6 Å². The van der Waals surface area contributed by atoms with Crippen molar-refractivity contribution in [3.8, 4) is 5.75 Å². The lowest BCUT2D eigenvalue weighted by molar-refractivity contribution is -0.0498. The molecule has 1 aliphatic carbocycles. The number of nitrogens with two attached hydrogens (primary N) is 1. The second kappa shape index (κ2) is 10.2. The number of nitrogens with zero attached hydrogens (tertiary/aromatic N) is 1. The molecule has 0 amide bonds. The van der Waals surface area contributed by atoms with Crippen LogP contribution in [0.3, 0.4) is 0 Å². The molecular formula is C25H31F2N3O3. The van der Waals surface area contributed by atoms with Gasteiger partial charge < -0.3 is 20.9 Å². The highest BCUT2D eigenvalue weighted by Gasteiger charge is 2.32. The molecule has 0 heterocycles. The summed E-state index contributed by atoms with van der Waals surface area (Å²) in [4.78, 5) is 16.0. The Bertz CT molecular complexity index is 1010. The first-order chi connectivity index (χ1) is 15.5. The van der Waals surface area contributed by atoms with E-state index in [2.05, 4.69) is 35.8 Å². The fraction of sp³-hybridized carbons (Fsp3) is 0.440. The number of ether oxygens (including phenoxy) is 1. The Balaban J connectivity index is 1.81. The molecule has 33 heavy (non-hydrogen) atoms. The Hall–Kier alpha value is -3.16. The Morgan fingerprint density at radius 1 is 1.24 bits per heavy atom. The van der Waals surface area contributed by atoms with Gasteiger partial charge >= 0.3 is 12.6 Å². The summed E-state index contributed by atoms with van der Waals surface area (Å²) < 4.78 is 29.0. The highest BCUT2D eigenvalue weighted by molar-refractivity contribution is 5.95. The molecule has 4 N–H and O–H groups in total. The minimum absolute atomic E-state index is 0.0344. The monoisotopic (exact) mass is 459 g/mol. The Labute approximate surface area is 192 Å². The number of aromatic carboxylic acids is 1. The number of carbonyl (C=O) groups is 1. The number of rotatable bonds is 7. The van der Waals surface area contributed by atoms with Gasteiger partial charge in [-0.2, -0.15) is 8.78 Å². The van der Waals surface area contributed by atoms with E-state index in [0.717, 1.165) is 24.8 Å². The first-order valence-electron chi connectivity index (χ1n) is 11.0. The standard InChI is InChI=1S/C25H31F2N3O3/c1-15-10-16(14-25(2,3)13-15)11-17-4-5-18(22(31)32)12-21(17)30-24(28)29-19-6-8-20(9-7-19)33-23(26)27/h4-9,12,15-16,23H,10-11,13-14H2,1-3H3,(H,31,32)(H3,28,29,30)/t15-,16-/m1/s1. The van der Waals surface area contributed by atoms with Crippen molar-refractivity contribution in [2.75, 3.05) is 5.32 Å². The number of benzene rings is 2. The molecule has 178 valence electrons. The molecule has 1 aliphatic rings. The first kappa shape index (κ1) is 24.5. The van der Waals surface area contributed by atoms with Gasteiger partial charge in [0, 0.05) is 5.69 Å². The van der Waals surface area contributed by atoms with Crippen molar-refractivity contribution in [2.24, 2.45) is 28.0 Å². The molecule has 0 saturated heterocycles. The lowest BCUT2D eigenvalue weighted by atomic mass is 9.66. The van der Waals surface area contributed by atoms with Crippen molar-refractivity contribution in [1.82, 2.24) is 0 Å². The fourth-order valence-corrected chi connectivity index (χ4v) is 5.01. The highest BCUT2D eigenvalue weighted by atomic mass is 19.3. The van der Waals surface area contributed by atoms with Gasteiger partial charge in [0.25, 0.3) is 0 Å². The zero-order chi connectivity index (χ0) is 24.2. The lowest BCUT2D eigenvalue weighted by Crippen LogP contribution is -2.28. The van der Waals surface area contributed by atoms with Gasteiger partial charge in [-0.25, -0.2) is 9.79 Å². The van der Waals surface area contributed by atoms with E-state index in [4.69, 9.17) is 5.73 Å². The third kappa shape index (κ3) is 7.17. The van der Waals surface area contributed by atoms with Crippen LogP contribution in [0.2, 0.25) is 0 Å². The minimum Gasteiger partial charge on any atom is -0.478 e. The van der Waals surface area contributed by atoms with E-state index in [-0.39, 0.29) is 22.7 Å². The van der Waals surface area contributed by atoms with Crippen molar-refractivity contribution in [2.45, 2.75) is 53.1 Å². The number of aliphatic imine (C=N–C) groups is 1. The number of guanidine groups is 1. The summed E-state index contributed by atoms with van der Waals surface area (Å²) in [5.41, 5.74) is 8.49. The summed E-state index contributed by atoms with van der Waals surface area (Å²) in [5.74, 6) is 0.176. The topological polar surface area (TPSA) is 96.9 Å². The Morgan fingerprint density at radius 3 is 2.55 bits per heavy atom. The predicted octanol–water partition coefficient (Wildman–Crippen LogP) is 6.05. The molecule has 8 heteroatoms. The zero-order valence-electron chi connectivity index (χ0n) is 19.1. The van der Waals surface area contributed by atoms with Crippen LogP contribution in [-0.2, 0) is 6.42 Å². The summed E-state index contributed by atoms with van der Waals surface area (Å²) in [6.07, 6.45) is 4.21. The van der Waals surface area contributed by atoms with Gasteiger partial charge in [0.1, 0.15) is 5.75 Å². The molecule has 3 rings (SSSR count). The summed E-state index contributed by atoms with van der Waals surface area (Å²) in [6.45, 7) is 3.97. The number of anilines is 1. The Kier molecular flexibility index (Phi) is 7.56. The minimum atomic E-state index is -2.90. The van der Waals surface area contributed by atoms with Crippen molar-refractivity contribution in [3.05, 3.63) is 53.6 Å².